The number of nitrogens with zero attached hydrogens (tertiary/aromatic N) is 2. The van der Waals surface area contributed by atoms with E-state index in [4.69, 9.17) is 0 Å². The van der Waals surface area contributed by atoms with Gasteiger partial charge in [0.2, 0.25) is 0 Å². The average molecular weight is 481 g/mol. The quantitative estimate of drug-likeness (QED) is 0.379. The third-order valence-corrected chi connectivity index (χ3v) is 9.08. The predicted octanol–water partition coefficient (Wildman–Crippen LogP) is 7.05. The minimum absolute atomic E-state index is 0.106. The van der Waals surface area contributed by atoms with Crippen molar-refractivity contribution in [2.24, 2.45) is 11.8 Å². The molecule has 0 amide bonds. The highest BCUT2D eigenvalue weighted by Crippen LogP contribution is 2.36. The summed E-state index contributed by atoms with van der Waals surface area (Å²) >= 11 is 0. The van der Waals surface area contributed by atoms with Crippen LogP contribution >= 0.6 is 0 Å². The van der Waals surface area contributed by atoms with E-state index in [1.807, 2.05) is 18.2 Å². The number of likely N-dealkylation sites (tertiary alicyclic amines) is 2. The number of hydrogen-bond acceptors (Lipinski definition) is 2. The maximum atomic E-state index is 14.1. The van der Waals surface area contributed by atoms with Gasteiger partial charge in [0.25, 0.3) is 0 Å². The second kappa shape index (κ2) is 12.0. The molecule has 3 fully saturated rings. The Kier molecular flexibility index (Phi) is 8.51. The van der Waals surface area contributed by atoms with Gasteiger partial charge in [-0.2, -0.15) is 0 Å². The van der Waals surface area contributed by atoms with Crippen LogP contribution in [0.3, 0.4) is 0 Å². The van der Waals surface area contributed by atoms with E-state index in [1.54, 1.807) is 24.3 Å². The highest BCUT2D eigenvalue weighted by atomic mass is 19.1. The lowest BCUT2D eigenvalue weighted by atomic mass is 9.87. The monoisotopic (exact) mass is 480 g/mol. The molecule has 4 heteroatoms. The van der Waals surface area contributed by atoms with Crippen molar-refractivity contribution in [2.45, 2.75) is 76.2 Å². The van der Waals surface area contributed by atoms with Crippen molar-refractivity contribution in [1.29, 1.82) is 0 Å². The van der Waals surface area contributed by atoms with Gasteiger partial charge in [0.15, 0.2) is 0 Å². The molecule has 2 aromatic carbocycles. The molecule has 5 rings (SSSR count). The van der Waals surface area contributed by atoms with Gasteiger partial charge in [-0.05, 0) is 99.0 Å². The van der Waals surface area contributed by atoms with E-state index in [2.05, 4.69) is 15.9 Å². The Balaban J connectivity index is 1.14. The number of benzene rings is 2. The normalized spacial score (nSPS) is 25.0. The van der Waals surface area contributed by atoms with E-state index < -0.39 is 0 Å². The van der Waals surface area contributed by atoms with Crippen LogP contribution in [0.1, 0.15) is 74.8 Å². The van der Waals surface area contributed by atoms with Gasteiger partial charge in [0.1, 0.15) is 11.6 Å². The average Bonchev–Trinajstić information content (AvgIpc) is 3.55. The van der Waals surface area contributed by atoms with E-state index in [0.29, 0.717) is 12.0 Å². The molecular weight excluding hydrogens is 438 g/mol. The third-order valence-electron chi connectivity index (χ3n) is 9.08. The highest BCUT2D eigenvalue weighted by molar-refractivity contribution is 5.25. The van der Waals surface area contributed by atoms with Gasteiger partial charge in [-0.1, -0.05) is 56.4 Å². The molecule has 0 bridgehead atoms. The Morgan fingerprint density at radius 1 is 0.771 bits per heavy atom. The zero-order valence-corrected chi connectivity index (χ0v) is 21.2. The van der Waals surface area contributed by atoms with E-state index in [0.717, 1.165) is 44.4 Å². The largest absolute Gasteiger partial charge is 0.301 e. The zero-order chi connectivity index (χ0) is 24.0. The number of piperidine rings is 1. The van der Waals surface area contributed by atoms with Gasteiger partial charge in [-0.15, -0.1) is 0 Å². The first-order valence-corrected chi connectivity index (χ1v) is 14.1. The van der Waals surface area contributed by atoms with E-state index >= 15 is 0 Å². The van der Waals surface area contributed by atoms with Crippen molar-refractivity contribution in [1.82, 2.24) is 9.80 Å². The molecule has 1 saturated carbocycles. The van der Waals surface area contributed by atoms with E-state index in [-0.39, 0.29) is 11.6 Å². The van der Waals surface area contributed by atoms with Crippen molar-refractivity contribution in [2.75, 3.05) is 32.7 Å². The van der Waals surface area contributed by atoms with Crippen molar-refractivity contribution in [3.8, 4) is 0 Å². The van der Waals surface area contributed by atoms with Crippen LogP contribution in [0.5, 0.6) is 0 Å². The molecule has 2 atom stereocenters. The molecule has 0 spiro atoms. The second-order valence-electron chi connectivity index (χ2n) is 11.4. The molecule has 2 aliphatic heterocycles. The standard InChI is InChI=1S/C31H42F2N2/c32-28-13-11-25(12-14-28)7-3-8-26-16-19-35(20-17-26)31-23-34(18-15-24-5-1-2-6-24)22-30(31)27-9-4-10-29(33)21-27/h4,9-14,21,24,26,30-31H,1-3,5-8,15-20,22-23H2/t30-,31?/m1/s1. The summed E-state index contributed by atoms with van der Waals surface area (Å²) in [4.78, 5) is 5.40. The summed E-state index contributed by atoms with van der Waals surface area (Å²) in [5, 5.41) is 0. The summed E-state index contributed by atoms with van der Waals surface area (Å²) < 4.78 is 27.2. The van der Waals surface area contributed by atoms with E-state index in [9.17, 15) is 8.78 Å². The molecular formula is C31H42F2N2. The van der Waals surface area contributed by atoms with Crippen LogP contribution in [0.25, 0.3) is 0 Å². The summed E-state index contributed by atoms with van der Waals surface area (Å²) in [5.74, 6) is 1.86. The summed E-state index contributed by atoms with van der Waals surface area (Å²) in [6.45, 7) is 5.72. The van der Waals surface area contributed by atoms with Crippen LogP contribution in [-0.2, 0) is 6.42 Å². The molecule has 0 N–H and O–H groups in total. The lowest BCUT2D eigenvalue weighted by molar-refractivity contribution is 0.121. The molecule has 0 radical (unpaired) electrons. The predicted molar refractivity (Wildman–Crippen MR) is 140 cm³/mol. The Morgan fingerprint density at radius 3 is 2.26 bits per heavy atom. The second-order valence-corrected chi connectivity index (χ2v) is 11.4. The molecule has 35 heavy (non-hydrogen) atoms. The molecule has 1 aliphatic carbocycles. The van der Waals surface area contributed by atoms with Crippen LogP contribution in [0.4, 0.5) is 8.78 Å². The first-order chi connectivity index (χ1) is 17.1. The molecule has 190 valence electrons. The first kappa shape index (κ1) is 24.9. The minimum Gasteiger partial charge on any atom is -0.301 e. The summed E-state index contributed by atoms with van der Waals surface area (Å²) in [5.41, 5.74) is 2.42. The van der Waals surface area contributed by atoms with Gasteiger partial charge >= 0.3 is 0 Å². The van der Waals surface area contributed by atoms with Crippen molar-refractivity contribution >= 4 is 0 Å². The number of rotatable bonds is 9. The molecule has 2 heterocycles. The zero-order valence-electron chi connectivity index (χ0n) is 21.2. The lowest BCUT2D eigenvalue weighted by Crippen LogP contribution is -2.45. The maximum absolute atomic E-state index is 14.1. The van der Waals surface area contributed by atoms with Crippen molar-refractivity contribution < 1.29 is 8.78 Å². The summed E-state index contributed by atoms with van der Waals surface area (Å²) in [6.07, 6.45) is 13.0. The fourth-order valence-corrected chi connectivity index (χ4v) is 6.97. The van der Waals surface area contributed by atoms with Gasteiger partial charge < -0.3 is 4.90 Å². The maximum Gasteiger partial charge on any atom is 0.123 e. The summed E-state index contributed by atoms with van der Waals surface area (Å²) in [6, 6.07) is 14.9. The van der Waals surface area contributed by atoms with Crippen LogP contribution in [0, 0.1) is 23.5 Å². The van der Waals surface area contributed by atoms with Crippen LogP contribution in [0.15, 0.2) is 48.5 Å². The lowest BCUT2D eigenvalue weighted by Gasteiger charge is -2.38. The summed E-state index contributed by atoms with van der Waals surface area (Å²) in [7, 11) is 0. The van der Waals surface area contributed by atoms with Gasteiger partial charge in [0.05, 0.1) is 0 Å². The Morgan fingerprint density at radius 2 is 1.51 bits per heavy atom. The first-order valence-electron chi connectivity index (χ1n) is 14.1. The molecule has 1 unspecified atom stereocenters. The molecule has 2 saturated heterocycles. The van der Waals surface area contributed by atoms with Gasteiger partial charge in [0, 0.05) is 25.0 Å². The Bertz CT molecular complexity index is 916. The molecule has 2 nitrogen and oxygen atoms in total. The minimum atomic E-state index is -0.151. The van der Waals surface area contributed by atoms with E-state index in [1.165, 1.54) is 75.5 Å². The van der Waals surface area contributed by atoms with Crippen LogP contribution in [-0.4, -0.2) is 48.6 Å². The highest BCUT2D eigenvalue weighted by Gasteiger charge is 2.38. The Hall–Kier alpha value is -1.78. The van der Waals surface area contributed by atoms with Crippen LogP contribution in [0.2, 0.25) is 0 Å². The SMILES string of the molecule is Fc1ccc(CCCC2CCN(C3CN(CCC4CCCC4)C[C@@H]3c3cccc(F)c3)CC2)cc1. The van der Waals surface area contributed by atoms with Crippen LogP contribution < -0.4 is 0 Å². The Labute approximate surface area is 210 Å². The van der Waals surface area contributed by atoms with Gasteiger partial charge in [-0.25, -0.2) is 8.78 Å². The molecule has 2 aromatic rings. The fourth-order valence-electron chi connectivity index (χ4n) is 6.97. The fraction of sp³-hybridized carbons (Fsp3) is 0.613. The number of aryl methyl sites for hydroxylation is 1. The molecule has 0 aromatic heterocycles. The third kappa shape index (κ3) is 6.71. The topological polar surface area (TPSA) is 6.48 Å². The number of halogens is 2. The van der Waals surface area contributed by atoms with Gasteiger partial charge in [-0.3, -0.25) is 4.90 Å². The number of hydrogen-bond donors (Lipinski definition) is 0. The molecule has 3 aliphatic rings. The van der Waals surface area contributed by atoms with Crippen molar-refractivity contribution in [3.63, 3.8) is 0 Å². The van der Waals surface area contributed by atoms with Crippen molar-refractivity contribution in [3.05, 3.63) is 71.3 Å². The smallest absolute Gasteiger partial charge is 0.123 e.